The fourth-order valence-electron chi connectivity index (χ4n) is 5.93. The molecule has 2 aliphatic rings. The number of aryl methyl sites for hydroxylation is 1. The maximum Gasteiger partial charge on any atom is 0.326 e. The highest BCUT2D eigenvalue weighted by atomic mass is 16.5. The monoisotopic (exact) mass is 483 g/mol. The first-order valence-electron chi connectivity index (χ1n) is 11.9. The van der Waals surface area contributed by atoms with Crippen LogP contribution in [-0.2, 0) is 20.9 Å². The van der Waals surface area contributed by atoms with Crippen LogP contribution in [-0.4, -0.2) is 51.8 Å². The van der Waals surface area contributed by atoms with Crippen molar-refractivity contribution in [3.63, 3.8) is 0 Å². The molecule has 9 heteroatoms. The predicted octanol–water partition coefficient (Wildman–Crippen LogP) is 3.61. The fourth-order valence-corrected chi connectivity index (χ4v) is 5.93. The number of imide groups is 1. The van der Waals surface area contributed by atoms with Crippen molar-refractivity contribution in [1.82, 2.24) is 14.8 Å². The number of rotatable bonds is 7. The maximum absolute atomic E-state index is 13.2. The Balaban J connectivity index is 1.37. The van der Waals surface area contributed by atoms with E-state index in [4.69, 9.17) is 9.15 Å². The zero-order chi connectivity index (χ0) is 25.5. The van der Waals surface area contributed by atoms with Crippen LogP contribution in [0, 0.1) is 25.2 Å². The Morgan fingerprint density at radius 2 is 1.97 bits per heavy atom. The van der Waals surface area contributed by atoms with Crippen molar-refractivity contribution >= 4 is 23.7 Å². The molecule has 4 rings (SSSR count). The highest BCUT2D eigenvalue weighted by molar-refractivity contribution is 6.09. The number of amides is 3. The number of urea groups is 1. The van der Waals surface area contributed by atoms with Crippen molar-refractivity contribution < 1.29 is 28.3 Å². The Bertz CT molecular complexity index is 1160. The summed E-state index contributed by atoms with van der Waals surface area (Å²) in [5.41, 5.74) is 0.981. The SMILES string of the molecule is Cc1cc(C(=O)COC(=O)CN2C(=O)N[C@]3(C[C@H](C)CC(C)(C)C3)C2=O)c(C)n1Cc1ccco1. The molecule has 0 unspecified atom stereocenters. The average Bonchev–Trinajstić information content (AvgIpc) is 3.42. The van der Waals surface area contributed by atoms with Gasteiger partial charge in [-0.15, -0.1) is 0 Å². The molecule has 1 aliphatic heterocycles. The molecule has 188 valence electrons. The van der Waals surface area contributed by atoms with E-state index in [9.17, 15) is 19.2 Å². The Morgan fingerprint density at radius 3 is 2.63 bits per heavy atom. The molecule has 0 radical (unpaired) electrons. The van der Waals surface area contributed by atoms with Crippen LogP contribution in [0.3, 0.4) is 0 Å². The second-order valence-corrected chi connectivity index (χ2v) is 10.8. The van der Waals surface area contributed by atoms with Gasteiger partial charge in [0.2, 0.25) is 5.78 Å². The van der Waals surface area contributed by atoms with E-state index in [0.717, 1.165) is 28.5 Å². The van der Waals surface area contributed by atoms with Crippen molar-refractivity contribution in [1.29, 1.82) is 0 Å². The van der Waals surface area contributed by atoms with Crippen LogP contribution in [0.1, 0.15) is 67.5 Å². The lowest BCUT2D eigenvalue weighted by atomic mass is 9.64. The van der Waals surface area contributed by atoms with Gasteiger partial charge >= 0.3 is 12.0 Å². The summed E-state index contributed by atoms with van der Waals surface area (Å²) in [6.45, 7) is 9.44. The minimum absolute atomic E-state index is 0.104. The van der Waals surface area contributed by atoms with Crippen LogP contribution in [0.5, 0.6) is 0 Å². The molecule has 1 N–H and O–H groups in total. The molecule has 2 aromatic heterocycles. The molecular weight excluding hydrogens is 450 g/mol. The molecule has 3 amide bonds. The summed E-state index contributed by atoms with van der Waals surface area (Å²) in [5, 5.41) is 2.84. The molecule has 9 nitrogen and oxygen atoms in total. The molecule has 2 fully saturated rings. The molecule has 1 saturated heterocycles. The number of esters is 1. The molecule has 1 aliphatic carbocycles. The third-order valence-corrected chi connectivity index (χ3v) is 7.04. The molecule has 0 aromatic carbocycles. The van der Waals surface area contributed by atoms with Crippen molar-refractivity contribution in [3.05, 3.63) is 47.2 Å². The molecule has 35 heavy (non-hydrogen) atoms. The van der Waals surface area contributed by atoms with E-state index < -0.39 is 36.6 Å². The van der Waals surface area contributed by atoms with Crippen LogP contribution >= 0.6 is 0 Å². The van der Waals surface area contributed by atoms with E-state index >= 15 is 0 Å². The van der Waals surface area contributed by atoms with Gasteiger partial charge < -0.3 is 19.0 Å². The first-order chi connectivity index (χ1) is 16.4. The average molecular weight is 484 g/mol. The lowest BCUT2D eigenvalue weighted by Gasteiger charge is -2.43. The largest absolute Gasteiger partial charge is 0.467 e. The number of aromatic nitrogens is 1. The zero-order valence-electron chi connectivity index (χ0n) is 21.0. The number of carbonyl (C=O) groups is 4. The standard InChI is InChI=1S/C26H33N3O6/c1-16-10-25(4,5)15-26(11-16)23(32)29(24(33)27-26)13-22(31)35-14-21(30)20-9-17(2)28(18(20)3)12-19-7-6-8-34-19/h6-9,16H,10-15H2,1-5H3,(H,27,33)/t16-,26+/m1/s1. The molecule has 2 atom stereocenters. The summed E-state index contributed by atoms with van der Waals surface area (Å²) in [6.07, 6.45) is 3.62. The number of carbonyl (C=O) groups excluding carboxylic acids is 4. The lowest BCUT2D eigenvalue weighted by Crippen LogP contribution is -2.54. The minimum atomic E-state index is -0.986. The number of nitrogens with zero attached hydrogens (tertiary/aromatic N) is 2. The Kier molecular flexibility index (Phi) is 6.38. The van der Waals surface area contributed by atoms with Crippen LogP contribution in [0.15, 0.2) is 28.9 Å². The molecule has 2 aromatic rings. The number of furan rings is 1. The van der Waals surface area contributed by atoms with E-state index in [-0.39, 0.29) is 17.1 Å². The predicted molar refractivity (Wildman–Crippen MR) is 127 cm³/mol. The van der Waals surface area contributed by atoms with Crippen molar-refractivity contribution in [2.24, 2.45) is 11.3 Å². The summed E-state index contributed by atoms with van der Waals surface area (Å²) in [7, 11) is 0. The van der Waals surface area contributed by atoms with Gasteiger partial charge in [-0.25, -0.2) is 4.79 Å². The van der Waals surface area contributed by atoms with Crippen molar-refractivity contribution in [3.8, 4) is 0 Å². The van der Waals surface area contributed by atoms with Gasteiger partial charge in [-0.1, -0.05) is 20.8 Å². The van der Waals surface area contributed by atoms with Gasteiger partial charge in [-0.05, 0) is 62.6 Å². The van der Waals surface area contributed by atoms with Gasteiger partial charge in [0.15, 0.2) is 6.61 Å². The second-order valence-electron chi connectivity index (χ2n) is 10.8. The minimum Gasteiger partial charge on any atom is -0.467 e. The van der Waals surface area contributed by atoms with Crippen LogP contribution in [0.25, 0.3) is 0 Å². The van der Waals surface area contributed by atoms with E-state index in [1.54, 1.807) is 18.4 Å². The normalized spacial score (nSPS) is 23.6. The smallest absolute Gasteiger partial charge is 0.326 e. The fraction of sp³-hybridized carbons (Fsp3) is 0.538. The van der Waals surface area contributed by atoms with Crippen LogP contribution < -0.4 is 5.32 Å². The third kappa shape index (κ3) is 4.90. The Morgan fingerprint density at radius 1 is 1.23 bits per heavy atom. The molecule has 1 saturated carbocycles. The topological polar surface area (TPSA) is 111 Å². The second kappa shape index (κ2) is 9.02. The highest BCUT2D eigenvalue weighted by Gasteiger charge is 2.56. The number of ether oxygens (including phenoxy) is 1. The summed E-state index contributed by atoms with van der Waals surface area (Å²) < 4.78 is 12.5. The van der Waals surface area contributed by atoms with Gasteiger partial charge in [0, 0.05) is 17.0 Å². The van der Waals surface area contributed by atoms with Gasteiger partial charge in [0.25, 0.3) is 5.91 Å². The number of ketones is 1. The first-order valence-corrected chi connectivity index (χ1v) is 11.9. The van der Waals surface area contributed by atoms with Gasteiger partial charge in [-0.2, -0.15) is 0 Å². The van der Waals surface area contributed by atoms with Crippen LogP contribution in [0.4, 0.5) is 4.79 Å². The summed E-state index contributed by atoms with van der Waals surface area (Å²) in [4.78, 5) is 52.0. The van der Waals surface area contributed by atoms with E-state index in [1.165, 1.54) is 0 Å². The van der Waals surface area contributed by atoms with E-state index in [1.807, 2.05) is 24.5 Å². The van der Waals surface area contributed by atoms with Gasteiger partial charge in [-0.3, -0.25) is 19.3 Å². The molecule has 3 heterocycles. The van der Waals surface area contributed by atoms with Crippen LogP contribution in [0.2, 0.25) is 0 Å². The molecule has 0 bridgehead atoms. The lowest BCUT2D eigenvalue weighted by molar-refractivity contribution is -0.147. The van der Waals surface area contributed by atoms with E-state index in [0.29, 0.717) is 24.9 Å². The summed E-state index contributed by atoms with van der Waals surface area (Å²) in [5.74, 6) is -0.523. The Hall–Kier alpha value is -3.36. The molecular formula is C26H33N3O6. The van der Waals surface area contributed by atoms with E-state index in [2.05, 4.69) is 26.1 Å². The maximum atomic E-state index is 13.2. The number of Topliss-reactive ketones (excluding diaryl/α,β-unsaturated/α-hetero) is 1. The van der Waals surface area contributed by atoms with Gasteiger partial charge in [0.1, 0.15) is 17.8 Å². The number of hydrogen-bond donors (Lipinski definition) is 1. The summed E-state index contributed by atoms with van der Waals surface area (Å²) in [6, 6.07) is 4.82. The quantitative estimate of drug-likeness (QED) is 0.366. The number of nitrogens with one attached hydrogen (secondary N) is 1. The number of hydrogen-bond acceptors (Lipinski definition) is 6. The van der Waals surface area contributed by atoms with Crippen molar-refractivity contribution in [2.75, 3.05) is 13.2 Å². The first kappa shape index (κ1) is 24.8. The molecule has 1 spiro atoms. The Labute approximate surface area is 204 Å². The highest BCUT2D eigenvalue weighted by Crippen LogP contribution is 2.46. The zero-order valence-corrected chi connectivity index (χ0v) is 21.0. The summed E-state index contributed by atoms with van der Waals surface area (Å²) >= 11 is 0. The van der Waals surface area contributed by atoms with Crippen molar-refractivity contribution in [2.45, 2.75) is 66.0 Å². The van der Waals surface area contributed by atoms with Gasteiger partial charge in [0.05, 0.1) is 12.8 Å². The third-order valence-electron chi connectivity index (χ3n) is 7.04.